The van der Waals surface area contributed by atoms with E-state index in [1.165, 1.54) is 0 Å². The molecule has 0 unspecified atom stereocenters. The molecule has 1 heterocycles. The summed E-state index contributed by atoms with van der Waals surface area (Å²) in [6.07, 6.45) is -3.85. The SMILES string of the molecule is O=C(CN1CCCNCC1)c1ccc(C(F)(F)F)c(F)c1. The summed E-state index contributed by atoms with van der Waals surface area (Å²) < 4.78 is 50.8. The molecular weight excluding hydrogens is 288 g/mol. The highest BCUT2D eigenvalue weighted by molar-refractivity contribution is 5.97. The zero-order valence-corrected chi connectivity index (χ0v) is 11.3. The Bertz CT molecular complexity index is 508. The van der Waals surface area contributed by atoms with Crippen LogP contribution in [0.4, 0.5) is 17.6 Å². The highest BCUT2D eigenvalue weighted by Crippen LogP contribution is 2.31. The Labute approximate surface area is 119 Å². The monoisotopic (exact) mass is 304 g/mol. The van der Waals surface area contributed by atoms with Crippen LogP contribution in [0.1, 0.15) is 22.3 Å². The lowest BCUT2D eigenvalue weighted by molar-refractivity contribution is -0.140. The first-order valence-corrected chi connectivity index (χ1v) is 6.71. The lowest BCUT2D eigenvalue weighted by Crippen LogP contribution is -2.33. The number of nitrogens with one attached hydrogen (secondary N) is 1. The van der Waals surface area contributed by atoms with Crippen LogP contribution >= 0.6 is 0 Å². The van der Waals surface area contributed by atoms with Crippen LogP contribution in [0.15, 0.2) is 18.2 Å². The fraction of sp³-hybridized carbons (Fsp3) is 0.500. The lowest BCUT2D eigenvalue weighted by Gasteiger charge is -2.18. The normalized spacial score (nSPS) is 17.5. The first-order chi connectivity index (χ1) is 9.88. The predicted octanol–water partition coefficient (Wildman–Crippen LogP) is 2.32. The van der Waals surface area contributed by atoms with Gasteiger partial charge in [0, 0.05) is 18.7 Å². The van der Waals surface area contributed by atoms with Crippen LogP contribution in [0, 0.1) is 5.82 Å². The van der Waals surface area contributed by atoms with Crippen molar-refractivity contribution >= 4 is 5.78 Å². The molecular formula is C14H16F4N2O. The number of nitrogens with zero attached hydrogens (tertiary/aromatic N) is 1. The fourth-order valence-corrected chi connectivity index (χ4v) is 2.27. The van der Waals surface area contributed by atoms with E-state index in [4.69, 9.17) is 0 Å². The van der Waals surface area contributed by atoms with Crippen molar-refractivity contribution in [2.24, 2.45) is 0 Å². The Morgan fingerprint density at radius 2 is 2.00 bits per heavy atom. The summed E-state index contributed by atoms with van der Waals surface area (Å²) >= 11 is 0. The van der Waals surface area contributed by atoms with E-state index in [-0.39, 0.29) is 17.9 Å². The van der Waals surface area contributed by atoms with Gasteiger partial charge in [0.1, 0.15) is 5.82 Å². The first kappa shape index (κ1) is 15.9. The molecule has 1 aromatic rings. The van der Waals surface area contributed by atoms with Gasteiger partial charge in [-0.3, -0.25) is 9.69 Å². The molecule has 0 radical (unpaired) electrons. The molecule has 1 N–H and O–H groups in total. The van der Waals surface area contributed by atoms with Crippen LogP contribution in [-0.2, 0) is 6.18 Å². The second-order valence-corrected chi connectivity index (χ2v) is 5.00. The average molecular weight is 304 g/mol. The molecule has 0 atom stereocenters. The van der Waals surface area contributed by atoms with E-state index in [9.17, 15) is 22.4 Å². The molecule has 0 spiro atoms. The van der Waals surface area contributed by atoms with Crippen molar-refractivity contribution in [3.8, 4) is 0 Å². The first-order valence-electron chi connectivity index (χ1n) is 6.71. The maximum absolute atomic E-state index is 13.5. The third-order valence-corrected chi connectivity index (χ3v) is 3.40. The van der Waals surface area contributed by atoms with Gasteiger partial charge in [0.25, 0.3) is 0 Å². The third-order valence-electron chi connectivity index (χ3n) is 3.40. The van der Waals surface area contributed by atoms with Gasteiger partial charge in [-0.15, -0.1) is 0 Å². The molecule has 3 nitrogen and oxygen atoms in total. The summed E-state index contributed by atoms with van der Waals surface area (Å²) in [7, 11) is 0. The van der Waals surface area contributed by atoms with Gasteiger partial charge >= 0.3 is 6.18 Å². The van der Waals surface area contributed by atoms with Crippen molar-refractivity contribution in [3.63, 3.8) is 0 Å². The van der Waals surface area contributed by atoms with E-state index < -0.39 is 17.6 Å². The van der Waals surface area contributed by atoms with Crippen molar-refractivity contribution in [1.29, 1.82) is 0 Å². The summed E-state index contributed by atoms with van der Waals surface area (Å²) in [5.41, 5.74) is -1.38. The number of benzene rings is 1. The highest BCUT2D eigenvalue weighted by atomic mass is 19.4. The molecule has 21 heavy (non-hydrogen) atoms. The van der Waals surface area contributed by atoms with Gasteiger partial charge in [0.05, 0.1) is 12.1 Å². The molecule has 0 saturated carbocycles. The van der Waals surface area contributed by atoms with Crippen molar-refractivity contribution in [2.75, 3.05) is 32.7 Å². The summed E-state index contributed by atoms with van der Waals surface area (Å²) in [6.45, 7) is 3.15. The van der Waals surface area contributed by atoms with E-state index >= 15 is 0 Å². The van der Waals surface area contributed by atoms with Crippen molar-refractivity contribution in [1.82, 2.24) is 10.2 Å². The van der Waals surface area contributed by atoms with Gasteiger partial charge < -0.3 is 5.32 Å². The number of rotatable bonds is 3. The van der Waals surface area contributed by atoms with E-state index in [0.29, 0.717) is 18.7 Å². The second kappa shape index (κ2) is 6.53. The Kier molecular flexibility index (Phi) is 4.95. The zero-order chi connectivity index (χ0) is 15.5. The highest BCUT2D eigenvalue weighted by Gasteiger charge is 2.34. The van der Waals surface area contributed by atoms with E-state index in [2.05, 4.69) is 5.32 Å². The molecule has 1 aliphatic heterocycles. The van der Waals surface area contributed by atoms with Gasteiger partial charge in [0.2, 0.25) is 0 Å². The molecule has 7 heteroatoms. The van der Waals surface area contributed by atoms with Crippen LogP contribution in [0.2, 0.25) is 0 Å². The van der Waals surface area contributed by atoms with Crippen molar-refractivity contribution in [3.05, 3.63) is 35.1 Å². The number of alkyl halides is 3. The maximum Gasteiger partial charge on any atom is 0.419 e. The molecule has 1 saturated heterocycles. The lowest BCUT2D eigenvalue weighted by atomic mass is 10.1. The molecule has 2 rings (SSSR count). The summed E-state index contributed by atoms with van der Waals surface area (Å²) in [4.78, 5) is 13.9. The smallest absolute Gasteiger partial charge is 0.315 e. The third kappa shape index (κ3) is 4.25. The van der Waals surface area contributed by atoms with E-state index in [1.807, 2.05) is 4.90 Å². The van der Waals surface area contributed by atoms with Gasteiger partial charge in [-0.1, -0.05) is 6.07 Å². The average Bonchev–Trinajstić information content (AvgIpc) is 2.65. The largest absolute Gasteiger partial charge is 0.419 e. The zero-order valence-electron chi connectivity index (χ0n) is 11.3. The quantitative estimate of drug-likeness (QED) is 0.687. The molecule has 1 aliphatic rings. The number of hydrogen-bond acceptors (Lipinski definition) is 3. The molecule has 116 valence electrons. The van der Waals surface area contributed by atoms with Crippen molar-refractivity contribution in [2.45, 2.75) is 12.6 Å². The molecule has 0 amide bonds. The molecule has 0 aliphatic carbocycles. The van der Waals surface area contributed by atoms with Gasteiger partial charge in [-0.2, -0.15) is 13.2 Å². The Balaban J connectivity index is 2.07. The summed E-state index contributed by atoms with van der Waals surface area (Å²) in [5, 5.41) is 3.19. The van der Waals surface area contributed by atoms with Gasteiger partial charge in [0.15, 0.2) is 5.78 Å². The van der Waals surface area contributed by atoms with Crippen LogP contribution in [0.3, 0.4) is 0 Å². The second-order valence-electron chi connectivity index (χ2n) is 5.00. The minimum Gasteiger partial charge on any atom is -0.315 e. The number of ketones is 1. The number of halogens is 4. The molecule has 1 aromatic carbocycles. The van der Waals surface area contributed by atoms with Crippen LogP contribution in [0.25, 0.3) is 0 Å². The van der Waals surface area contributed by atoms with Crippen LogP contribution in [0.5, 0.6) is 0 Å². The Morgan fingerprint density at radius 1 is 1.24 bits per heavy atom. The number of Topliss-reactive ketones (excluding diaryl/α,β-unsaturated/α-hetero) is 1. The molecule has 1 fully saturated rings. The number of hydrogen-bond donors (Lipinski definition) is 1. The van der Waals surface area contributed by atoms with Crippen LogP contribution < -0.4 is 5.32 Å². The number of carbonyl (C=O) groups excluding carboxylic acids is 1. The Morgan fingerprint density at radius 3 is 2.67 bits per heavy atom. The topological polar surface area (TPSA) is 32.3 Å². The number of carbonyl (C=O) groups is 1. The maximum atomic E-state index is 13.5. The Hall–Kier alpha value is -1.47. The molecule has 0 aromatic heterocycles. The fourth-order valence-electron chi connectivity index (χ4n) is 2.27. The van der Waals surface area contributed by atoms with Gasteiger partial charge in [-0.25, -0.2) is 4.39 Å². The van der Waals surface area contributed by atoms with E-state index in [0.717, 1.165) is 32.1 Å². The predicted molar refractivity (Wildman–Crippen MR) is 69.7 cm³/mol. The van der Waals surface area contributed by atoms with E-state index in [1.54, 1.807) is 0 Å². The van der Waals surface area contributed by atoms with Gasteiger partial charge in [-0.05, 0) is 31.6 Å². The minimum absolute atomic E-state index is 0.0299. The minimum atomic E-state index is -4.75. The van der Waals surface area contributed by atoms with Crippen molar-refractivity contribution < 1.29 is 22.4 Å². The molecule has 0 bridgehead atoms. The van der Waals surface area contributed by atoms with Crippen LogP contribution in [-0.4, -0.2) is 43.4 Å². The summed E-state index contributed by atoms with van der Waals surface area (Å²) in [5.74, 6) is -1.78. The standard InChI is InChI=1S/C14H16F4N2O/c15-12-8-10(2-3-11(12)14(16,17)18)13(21)9-20-6-1-4-19-5-7-20/h2-3,8,19H,1,4-7,9H2. The summed E-state index contributed by atoms with van der Waals surface area (Å²) in [6, 6.07) is 2.32.